The maximum absolute atomic E-state index is 12.5. The normalized spacial score (nSPS) is 10.1. The fourth-order valence-corrected chi connectivity index (χ4v) is 2.60. The minimum atomic E-state index is -0.367. The lowest BCUT2D eigenvalue weighted by Gasteiger charge is -2.23. The van der Waals surface area contributed by atoms with Crippen molar-refractivity contribution in [1.29, 1.82) is 0 Å². The Balaban J connectivity index is 2.18. The maximum atomic E-state index is 12.5. The van der Waals surface area contributed by atoms with Gasteiger partial charge in [0.1, 0.15) is 12.3 Å². The van der Waals surface area contributed by atoms with Gasteiger partial charge in [0.05, 0.1) is 12.8 Å². The second-order valence-electron chi connectivity index (χ2n) is 6.09. The molecule has 2 aromatic carbocycles. The van der Waals surface area contributed by atoms with Crippen LogP contribution in [0.1, 0.15) is 19.4 Å². The summed E-state index contributed by atoms with van der Waals surface area (Å²) in [5, 5.41) is 5.39. The molecular weight excluding hydrogens is 346 g/mol. The summed E-state index contributed by atoms with van der Waals surface area (Å²) in [6.07, 6.45) is 0. The zero-order valence-corrected chi connectivity index (χ0v) is 15.8. The average molecular weight is 369 g/mol. The molecule has 0 heterocycles. The van der Waals surface area contributed by atoms with E-state index in [2.05, 4.69) is 10.6 Å². The summed E-state index contributed by atoms with van der Waals surface area (Å²) in [7, 11) is 1.51. The summed E-state index contributed by atoms with van der Waals surface area (Å²) in [4.78, 5) is 37.1. The van der Waals surface area contributed by atoms with Crippen molar-refractivity contribution < 1.29 is 19.1 Å². The van der Waals surface area contributed by atoms with Gasteiger partial charge in [0.15, 0.2) is 0 Å². The number of carbonyl (C=O) groups excluding carboxylic acids is 3. The van der Waals surface area contributed by atoms with Crippen LogP contribution in [0.4, 0.5) is 17.1 Å². The lowest BCUT2D eigenvalue weighted by atomic mass is 10.2. The molecule has 142 valence electrons. The van der Waals surface area contributed by atoms with Gasteiger partial charge in [0.25, 0.3) is 0 Å². The average Bonchev–Trinajstić information content (AvgIpc) is 2.59. The highest BCUT2D eigenvalue weighted by Crippen LogP contribution is 2.29. The standard InChI is InChI=1S/C20H23N3O4/c1-13-8-9-19(27-4)18(10-13)23(15(3)25)12-20(26)22-17-7-5-6-16(11-17)21-14(2)24/h5-11H,12H2,1-4H3,(H,21,24)(H,22,26). The number of benzene rings is 2. The summed E-state index contributed by atoms with van der Waals surface area (Å²) < 4.78 is 5.32. The zero-order chi connectivity index (χ0) is 20.0. The topological polar surface area (TPSA) is 87.7 Å². The van der Waals surface area contributed by atoms with Crippen molar-refractivity contribution in [2.45, 2.75) is 20.8 Å². The van der Waals surface area contributed by atoms with E-state index < -0.39 is 0 Å². The third-order valence-corrected chi connectivity index (χ3v) is 3.77. The van der Waals surface area contributed by atoms with Gasteiger partial charge >= 0.3 is 0 Å². The summed E-state index contributed by atoms with van der Waals surface area (Å²) >= 11 is 0. The first kappa shape index (κ1) is 20.0. The Labute approximate surface area is 158 Å². The molecule has 3 amide bonds. The number of carbonyl (C=O) groups is 3. The number of ether oxygens (including phenoxy) is 1. The third-order valence-electron chi connectivity index (χ3n) is 3.77. The van der Waals surface area contributed by atoms with E-state index >= 15 is 0 Å². The number of rotatable bonds is 6. The summed E-state index contributed by atoms with van der Waals surface area (Å²) in [5.41, 5.74) is 2.57. The molecule has 0 aromatic heterocycles. The molecule has 2 N–H and O–H groups in total. The monoisotopic (exact) mass is 369 g/mol. The number of methoxy groups -OCH3 is 1. The first-order chi connectivity index (χ1) is 12.8. The van der Waals surface area contributed by atoms with E-state index in [9.17, 15) is 14.4 Å². The Hall–Kier alpha value is -3.35. The second-order valence-corrected chi connectivity index (χ2v) is 6.09. The van der Waals surface area contributed by atoms with Crippen LogP contribution in [0.3, 0.4) is 0 Å². The van der Waals surface area contributed by atoms with Crippen LogP contribution in [-0.2, 0) is 14.4 Å². The van der Waals surface area contributed by atoms with Gasteiger partial charge < -0.3 is 15.4 Å². The van der Waals surface area contributed by atoms with Crippen molar-refractivity contribution >= 4 is 34.8 Å². The number of nitrogens with zero attached hydrogens (tertiary/aromatic N) is 1. The number of nitrogens with one attached hydrogen (secondary N) is 2. The van der Waals surface area contributed by atoms with Crippen molar-refractivity contribution in [2.24, 2.45) is 0 Å². The van der Waals surface area contributed by atoms with Crippen molar-refractivity contribution in [3.63, 3.8) is 0 Å². The number of aryl methyl sites for hydroxylation is 1. The van der Waals surface area contributed by atoms with Gasteiger partial charge in [-0.3, -0.25) is 19.3 Å². The van der Waals surface area contributed by atoms with Crippen molar-refractivity contribution in [1.82, 2.24) is 0 Å². The number of hydrogen-bond donors (Lipinski definition) is 2. The molecule has 0 fully saturated rings. The van der Waals surface area contributed by atoms with Crippen LogP contribution in [0.2, 0.25) is 0 Å². The molecule has 0 aliphatic carbocycles. The van der Waals surface area contributed by atoms with Gasteiger partial charge in [0, 0.05) is 25.2 Å². The lowest BCUT2D eigenvalue weighted by Crippen LogP contribution is -2.37. The minimum Gasteiger partial charge on any atom is -0.495 e. The molecule has 7 nitrogen and oxygen atoms in total. The molecule has 0 aliphatic rings. The molecule has 0 unspecified atom stereocenters. The Bertz CT molecular complexity index is 864. The highest BCUT2D eigenvalue weighted by atomic mass is 16.5. The van der Waals surface area contributed by atoms with Gasteiger partial charge in [-0.15, -0.1) is 0 Å². The van der Waals surface area contributed by atoms with Gasteiger partial charge in [-0.1, -0.05) is 12.1 Å². The zero-order valence-electron chi connectivity index (χ0n) is 15.8. The molecule has 0 saturated heterocycles. The lowest BCUT2D eigenvalue weighted by molar-refractivity contribution is -0.120. The van der Waals surface area contributed by atoms with Crippen molar-refractivity contribution in [3.8, 4) is 5.75 Å². The first-order valence-corrected chi connectivity index (χ1v) is 8.40. The number of amides is 3. The third kappa shape index (κ3) is 5.57. The van der Waals surface area contributed by atoms with E-state index in [0.29, 0.717) is 22.8 Å². The van der Waals surface area contributed by atoms with Crippen molar-refractivity contribution in [2.75, 3.05) is 29.2 Å². The quantitative estimate of drug-likeness (QED) is 0.819. The fraction of sp³-hybridized carbons (Fsp3) is 0.250. The molecule has 27 heavy (non-hydrogen) atoms. The Morgan fingerprint density at radius 3 is 2.26 bits per heavy atom. The SMILES string of the molecule is COc1ccc(C)cc1N(CC(=O)Nc1cccc(NC(C)=O)c1)C(C)=O. The molecule has 2 aromatic rings. The Kier molecular flexibility index (Phi) is 6.54. The molecule has 0 atom stereocenters. The van der Waals surface area contributed by atoms with Crippen LogP contribution >= 0.6 is 0 Å². The molecule has 0 saturated carbocycles. The van der Waals surface area contributed by atoms with Crippen LogP contribution in [0.25, 0.3) is 0 Å². The summed E-state index contributed by atoms with van der Waals surface area (Å²) in [5.74, 6) is -0.334. The van der Waals surface area contributed by atoms with E-state index in [1.807, 2.05) is 13.0 Å². The van der Waals surface area contributed by atoms with Gasteiger partial charge in [-0.2, -0.15) is 0 Å². The van der Waals surface area contributed by atoms with Crippen LogP contribution in [0.15, 0.2) is 42.5 Å². The van der Waals surface area contributed by atoms with Crippen molar-refractivity contribution in [3.05, 3.63) is 48.0 Å². The predicted octanol–water partition coefficient (Wildman–Crippen LogP) is 2.95. The number of hydrogen-bond acceptors (Lipinski definition) is 4. The molecule has 2 rings (SSSR count). The molecule has 7 heteroatoms. The van der Waals surface area contributed by atoms with Gasteiger partial charge in [-0.25, -0.2) is 0 Å². The number of anilines is 3. The smallest absolute Gasteiger partial charge is 0.244 e. The van der Waals surface area contributed by atoms with Crippen LogP contribution < -0.4 is 20.3 Å². The van der Waals surface area contributed by atoms with Crippen LogP contribution in [0, 0.1) is 6.92 Å². The van der Waals surface area contributed by atoms with Gasteiger partial charge in [-0.05, 0) is 42.8 Å². The molecule has 0 spiro atoms. The van der Waals surface area contributed by atoms with E-state index in [1.54, 1.807) is 36.4 Å². The Morgan fingerprint density at radius 2 is 1.67 bits per heavy atom. The largest absolute Gasteiger partial charge is 0.495 e. The first-order valence-electron chi connectivity index (χ1n) is 8.40. The second kappa shape index (κ2) is 8.84. The highest BCUT2D eigenvalue weighted by molar-refractivity contribution is 6.03. The molecule has 0 radical (unpaired) electrons. The minimum absolute atomic E-state index is 0.167. The predicted molar refractivity (Wildman–Crippen MR) is 105 cm³/mol. The summed E-state index contributed by atoms with van der Waals surface area (Å²) in [6, 6.07) is 12.2. The van der Waals surface area contributed by atoms with Crippen LogP contribution in [0.5, 0.6) is 5.75 Å². The van der Waals surface area contributed by atoms with E-state index in [-0.39, 0.29) is 24.3 Å². The molecule has 0 aliphatic heterocycles. The van der Waals surface area contributed by atoms with E-state index in [0.717, 1.165) is 5.56 Å². The van der Waals surface area contributed by atoms with Crippen LogP contribution in [-0.4, -0.2) is 31.4 Å². The fourth-order valence-electron chi connectivity index (χ4n) is 2.60. The van der Waals surface area contributed by atoms with E-state index in [4.69, 9.17) is 4.74 Å². The summed E-state index contributed by atoms with van der Waals surface area (Å²) in [6.45, 7) is 4.53. The van der Waals surface area contributed by atoms with E-state index in [1.165, 1.54) is 25.9 Å². The van der Waals surface area contributed by atoms with Gasteiger partial charge in [0.2, 0.25) is 17.7 Å². The maximum Gasteiger partial charge on any atom is 0.244 e. The highest BCUT2D eigenvalue weighted by Gasteiger charge is 2.20. The molecule has 0 bridgehead atoms. The Morgan fingerprint density at radius 1 is 1.00 bits per heavy atom. The molecular formula is C20H23N3O4.